The summed E-state index contributed by atoms with van der Waals surface area (Å²) in [4.78, 5) is 3.91. The zero-order valence-corrected chi connectivity index (χ0v) is 10.4. The maximum atomic E-state index is 12.4. The quantitative estimate of drug-likeness (QED) is 0.908. The summed E-state index contributed by atoms with van der Waals surface area (Å²) in [5, 5.41) is 12.8. The third-order valence-electron chi connectivity index (χ3n) is 3.18. The second kappa shape index (κ2) is 5.46. The van der Waals surface area contributed by atoms with Gasteiger partial charge in [-0.05, 0) is 12.3 Å². The molecule has 1 saturated heterocycles. The molecular formula is C11H15F3N2O3. The van der Waals surface area contributed by atoms with E-state index >= 15 is 0 Å². The van der Waals surface area contributed by atoms with Gasteiger partial charge in [-0.25, -0.2) is 0 Å². The number of nitrogens with zero attached hydrogens (tertiary/aromatic N) is 2. The molecule has 108 valence electrons. The van der Waals surface area contributed by atoms with Crippen molar-refractivity contribution in [3.63, 3.8) is 0 Å². The Morgan fingerprint density at radius 2 is 2.21 bits per heavy atom. The summed E-state index contributed by atoms with van der Waals surface area (Å²) < 4.78 is 47.1. The molecule has 2 heterocycles. The molecule has 19 heavy (non-hydrogen) atoms. The Morgan fingerprint density at radius 3 is 2.79 bits per heavy atom. The number of ether oxygens (including phenoxy) is 1. The van der Waals surface area contributed by atoms with Crippen molar-refractivity contribution in [2.75, 3.05) is 13.2 Å². The van der Waals surface area contributed by atoms with Crippen LogP contribution in [0, 0.1) is 5.92 Å². The molecule has 1 N–H and O–H groups in total. The van der Waals surface area contributed by atoms with Crippen LogP contribution in [-0.4, -0.2) is 40.7 Å². The highest BCUT2D eigenvalue weighted by Crippen LogP contribution is 2.30. The van der Waals surface area contributed by atoms with Gasteiger partial charge in [0, 0.05) is 19.6 Å². The number of alkyl halides is 3. The van der Waals surface area contributed by atoms with E-state index in [0.717, 1.165) is 6.42 Å². The van der Waals surface area contributed by atoms with Gasteiger partial charge in [-0.15, -0.1) is 0 Å². The number of aliphatic hydroxyl groups excluding tert-OH is 1. The Balaban J connectivity index is 1.99. The van der Waals surface area contributed by atoms with Gasteiger partial charge in [0.05, 0.1) is 5.92 Å². The molecule has 1 aliphatic rings. The minimum Gasteiger partial charge on any atom is -0.383 e. The topological polar surface area (TPSA) is 68.4 Å². The minimum atomic E-state index is -4.70. The lowest BCUT2D eigenvalue weighted by Gasteiger charge is -2.18. The van der Waals surface area contributed by atoms with Crippen LogP contribution in [0.5, 0.6) is 0 Å². The number of hydrogen-bond acceptors (Lipinski definition) is 5. The highest BCUT2D eigenvalue weighted by Gasteiger charge is 2.44. The van der Waals surface area contributed by atoms with Crippen LogP contribution in [0.25, 0.3) is 0 Å². The van der Waals surface area contributed by atoms with E-state index in [1.165, 1.54) is 6.92 Å². The predicted octanol–water partition coefficient (Wildman–Crippen LogP) is 1.68. The van der Waals surface area contributed by atoms with Crippen molar-refractivity contribution in [3.05, 3.63) is 11.7 Å². The smallest absolute Gasteiger partial charge is 0.383 e. The van der Waals surface area contributed by atoms with Crippen molar-refractivity contribution < 1.29 is 27.5 Å². The van der Waals surface area contributed by atoms with Crippen LogP contribution < -0.4 is 0 Å². The first kappa shape index (κ1) is 14.3. The zero-order chi connectivity index (χ0) is 14.0. The maximum Gasteiger partial charge on any atom is 0.415 e. The Hall–Kier alpha value is -1.15. The van der Waals surface area contributed by atoms with E-state index in [4.69, 9.17) is 14.4 Å². The van der Waals surface area contributed by atoms with Crippen molar-refractivity contribution in [3.8, 4) is 0 Å². The van der Waals surface area contributed by atoms with Crippen LogP contribution in [0.2, 0.25) is 0 Å². The van der Waals surface area contributed by atoms with Gasteiger partial charge in [-0.1, -0.05) is 12.1 Å². The van der Waals surface area contributed by atoms with Gasteiger partial charge in [0.2, 0.25) is 5.89 Å². The number of aliphatic hydroxyl groups is 1. The van der Waals surface area contributed by atoms with Crippen LogP contribution in [-0.2, 0) is 11.2 Å². The van der Waals surface area contributed by atoms with Crippen LogP contribution in [0.1, 0.15) is 31.0 Å². The largest absolute Gasteiger partial charge is 0.415 e. The number of rotatable bonds is 4. The lowest BCUT2D eigenvalue weighted by molar-refractivity contribution is -0.210. The molecule has 2 rings (SSSR count). The Kier molecular flexibility index (Phi) is 4.10. The van der Waals surface area contributed by atoms with Crippen molar-refractivity contribution in [1.82, 2.24) is 10.1 Å². The highest BCUT2D eigenvalue weighted by molar-refractivity contribution is 4.98. The molecule has 5 nitrogen and oxygen atoms in total. The second-order valence-electron chi connectivity index (χ2n) is 4.76. The molecule has 0 bridgehead atoms. The van der Waals surface area contributed by atoms with Gasteiger partial charge >= 0.3 is 6.18 Å². The van der Waals surface area contributed by atoms with E-state index < -0.39 is 18.2 Å². The molecule has 1 aromatic rings. The SMILES string of the molecule is CC(c1nc(CC2CCOC2)no1)C(O)C(F)(F)F. The van der Waals surface area contributed by atoms with Gasteiger partial charge in [-0.3, -0.25) is 0 Å². The molecule has 3 unspecified atom stereocenters. The molecule has 8 heteroatoms. The van der Waals surface area contributed by atoms with Gasteiger partial charge in [0.15, 0.2) is 11.9 Å². The summed E-state index contributed by atoms with van der Waals surface area (Å²) in [6.45, 7) is 2.48. The summed E-state index contributed by atoms with van der Waals surface area (Å²) in [6, 6.07) is 0. The molecule has 0 radical (unpaired) electrons. The average molecular weight is 280 g/mol. The van der Waals surface area contributed by atoms with Gasteiger partial charge in [-0.2, -0.15) is 18.2 Å². The van der Waals surface area contributed by atoms with Crippen molar-refractivity contribution in [2.45, 2.75) is 38.0 Å². The first-order valence-electron chi connectivity index (χ1n) is 6.03. The van der Waals surface area contributed by atoms with Crippen molar-refractivity contribution in [2.24, 2.45) is 5.92 Å². The van der Waals surface area contributed by atoms with Gasteiger partial charge in [0.25, 0.3) is 0 Å². The molecule has 1 fully saturated rings. The van der Waals surface area contributed by atoms with Crippen molar-refractivity contribution in [1.29, 1.82) is 0 Å². The predicted molar refractivity (Wildman–Crippen MR) is 57.4 cm³/mol. The van der Waals surface area contributed by atoms with E-state index in [1.54, 1.807) is 0 Å². The molecule has 0 saturated carbocycles. The fourth-order valence-corrected chi connectivity index (χ4v) is 1.96. The second-order valence-corrected chi connectivity index (χ2v) is 4.76. The van der Waals surface area contributed by atoms with E-state index in [1.807, 2.05) is 0 Å². The van der Waals surface area contributed by atoms with Crippen LogP contribution in [0.3, 0.4) is 0 Å². The number of hydrogen-bond donors (Lipinski definition) is 1. The van der Waals surface area contributed by atoms with Crippen molar-refractivity contribution >= 4 is 0 Å². The summed E-state index contributed by atoms with van der Waals surface area (Å²) in [7, 11) is 0. The molecule has 0 amide bonds. The molecule has 1 aliphatic heterocycles. The Bertz CT molecular complexity index is 416. The highest BCUT2D eigenvalue weighted by atomic mass is 19.4. The molecular weight excluding hydrogens is 265 g/mol. The molecule has 0 aromatic carbocycles. The Morgan fingerprint density at radius 1 is 1.47 bits per heavy atom. The molecule has 0 spiro atoms. The van der Waals surface area contributed by atoms with Crippen LogP contribution in [0.4, 0.5) is 13.2 Å². The van der Waals surface area contributed by atoms with E-state index in [9.17, 15) is 13.2 Å². The summed E-state index contributed by atoms with van der Waals surface area (Å²) in [6.07, 6.45) is -5.81. The molecule has 1 aromatic heterocycles. The average Bonchev–Trinajstić information content (AvgIpc) is 2.98. The minimum absolute atomic E-state index is 0.196. The standard InChI is InChI=1S/C11H15F3N2O3/c1-6(9(17)11(12,13)14)10-15-8(16-19-10)4-7-2-3-18-5-7/h6-7,9,17H,2-5H2,1H3. The van der Waals surface area contributed by atoms with Gasteiger partial charge in [0.1, 0.15) is 0 Å². The Labute approximate surface area is 107 Å². The van der Waals surface area contributed by atoms with E-state index in [2.05, 4.69) is 10.1 Å². The lowest BCUT2D eigenvalue weighted by Crippen LogP contribution is -2.33. The first-order valence-corrected chi connectivity index (χ1v) is 6.03. The maximum absolute atomic E-state index is 12.4. The number of aromatic nitrogens is 2. The monoisotopic (exact) mass is 280 g/mol. The fourth-order valence-electron chi connectivity index (χ4n) is 1.96. The van der Waals surface area contributed by atoms with Crippen LogP contribution in [0.15, 0.2) is 4.52 Å². The summed E-state index contributed by atoms with van der Waals surface area (Å²) in [5.41, 5.74) is 0. The third kappa shape index (κ3) is 3.44. The van der Waals surface area contributed by atoms with Crippen LogP contribution >= 0.6 is 0 Å². The zero-order valence-electron chi connectivity index (χ0n) is 10.4. The third-order valence-corrected chi connectivity index (χ3v) is 3.18. The van der Waals surface area contributed by atoms with Gasteiger partial charge < -0.3 is 14.4 Å². The first-order chi connectivity index (χ1) is 8.88. The summed E-state index contributed by atoms with van der Waals surface area (Å²) >= 11 is 0. The molecule has 3 atom stereocenters. The number of halogens is 3. The fraction of sp³-hybridized carbons (Fsp3) is 0.818. The normalized spacial score (nSPS) is 23.5. The summed E-state index contributed by atoms with van der Waals surface area (Å²) in [5.74, 6) is -0.847. The lowest BCUT2D eigenvalue weighted by atomic mass is 10.0. The molecule has 0 aliphatic carbocycles. The van der Waals surface area contributed by atoms with E-state index in [0.29, 0.717) is 25.5 Å². The van der Waals surface area contributed by atoms with E-state index in [-0.39, 0.29) is 11.8 Å².